The molecular formula is C19H23F2N3O2S2. The largest absolute Gasteiger partial charge is 0.376 e. The zero-order valence-corrected chi connectivity index (χ0v) is 17.4. The lowest BCUT2D eigenvalue weighted by Crippen LogP contribution is -2.18. The molecular weight excluding hydrogens is 404 g/mol. The second-order valence-corrected chi connectivity index (χ2v) is 8.56. The van der Waals surface area contributed by atoms with Crippen molar-refractivity contribution in [2.75, 3.05) is 17.7 Å². The first-order chi connectivity index (χ1) is 13.4. The molecule has 2 heterocycles. The average Bonchev–Trinajstić information content (AvgIpc) is 3.25. The van der Waals surface area contributed by atoms with Gasteiger partial charge in [0, 0.05) is 22.9 Å². The molecule has 2 aromatic rings. The van der Waals surface area contributed by atoms with Crippen LogP contribution in [0.1, 0.15) is 24.2 Å². The number of hydrogen-bond acceptors (Lipinski definition) is 5. The Morgan fingerprint density at radius 3 is 2.75 bits per heavy atom. The lowest BCUT2D eigenvalue weighted by molar-refractivity contribution is -0.113. The molecule has 1 unspecified atom stereocenters. The molecule has 9 heteroatoms. The maximum Gasteiger partial charge on any atom is 0.288 e. The quantitative estimate of drug-likeness (QED) is 0.618. The van der Waals surface area contributed by atoms with Crippen LogP contribution in [0.5, 0.6) is 0 Å². The summed E-state index contributed by atoms with van der Waals surface area (Å²) in [5.41, 5.74) is 2.62. The van der Waals surface area contributed by atoms with Crippen molar-refractivity contribution >= 4 is 35.1 Å². The van der Waals surface area contributed by atoms with Gasteiger partial charge < -0.3 is 14.6 Å². The number of amides is 1. The van der Waals surface area contributed by atoms with Gasteiger partial charge in [-0.05, 0) is 51.0 Å². The summed E-state index contributed by atoms with van der Waals surface area (Å²) in [5.74, 6) is -2.40. The van der Waals surface area contributed by atoms with E-state index in [2.05, 4.69) is 14.9 Å². The van der Waals surface area contributed by atoms with Gasteiger partial charge in [-0.3, -0.25) is 4.79 Å². The molecule has 0 radical (unpaired) electrons. The summed E-state index contributed by atoms with van der Waals surface area (Å²) in [6.07, 6.45) is 2.32. The highest BCUT2D eigenvalue weighted by molar-refractivity contribution is 8.00. The Morgan fingerprint density at radius 1 is 1.36 bits per heavy atom. The molecule has 1 aliphatic heterocycles. The number of carbonyl (C=O) groups excluding carboxylic acids is 1. The van der Waals surface area contributed by atoms with Gasteiger partial charge in [-0.15, -0.1) is 0 Å². The summed E-state index contributed by atoms with van der Waals surface area (Å²) < 4.78 is 32.6. The van der Waals surface area contributed by atoms with Crippen LogP contribution in [0.25, 0.3) is 0 Å². The van der Waals surface area contributed by atoms with Gasteiger partial charge in [0.1, 0.15) is 0 Å². The van der Waals surface area contributed by atoms with Crippen LogP contribution in [0, 0.1) is 13.8 Å². The number of thioether (sulfide) groups is 2. The van der Waals surface area contributed by atoms with Crippen LogP contribution in [0.15, 0.2) is 34.3 Å². The van der Waals surface area contributed by atoms with E-state index in [1.807, 2.05) is 13.8 Å². The molecule has 1 aliphatic rings. The van der Waals surface area contributed by atoms with Gasteiger partial charge in [0.15, 0.2) is 5.16 Å². The number of carbonyl (C=O) groups is 1. The molecule has 1 aromatic heterocycles. The van der Waals surface area contributed by atoms with Gasteiger partial charge in [0.2, 0.25) is 5.91 Å². The van der Waals surface area contributed by atoms with Crippen LogP contribution >= 0.6 is 23.5 Å². The van der Waals surface area contributed by atoms with Gasteiger partial charge in [0.05, 0.1) is 24.1 Å². The topological polar surface area (TPSA) is 56.2 Å². The van der Waals surface area contributed by atoms with E-state index in [1.165, 1.54) is 11.8 Å². The van der Waals surface area contributed by atoms with Gasteiger partial charge in [-0.2, -0.15) is 8.78 Å². The minimum atomic E-state index is -2.46. The third-order valence-corrected chi connectivity index (χ3v) is 6.23. The van der Waals surface area contributed by atoms with Crippen molar-refractivity contribution in [1.82, 2.24) is 9.55 Å². The van der Waals surface area contributed by atoms with E-state index in [4.69, 9.17) is 4.74 Å². The fourth-order valence-corrected chi connectivity index (χ4v) is 4.39. The van der Waals surface area contributed by atoms with Crippen molar-refractivity contribution in [2.24, 2.45) is 0 Å². The standard InChI is InChI=1S/C19H23F2N3O2S2/c1-12-13(2)24(10-15-4-3-9-26-15)19(22-12)27-11-17(25)23-14-5-7-16(8-6-14)28-18(20)21/h5-8,15,18H,3-4,9-11H2,1-2H3,(H,23,25). The van der Waals surface area contributed by atoms with Crippen molar-refractivity contribution in [3.63, 3.8) is 0 Å². The van der Waals surface area contributed by atoms with E-state index >= 15 is 0 Å². The molecule has 1 N–H and O–H groups in total. The van der Waals surface area contributed by atoms with Gasteiger partial charge in [-0.1, -0.05) is 23.5 Å². The van der Waals surface area contributed by atoms with E-state index in [9.17, 15) is 13.6 Å². The number of imidazole rings is 1. The Labute approximate surface area is 171 Å². The maximum atomic E-state index is 12.4. The van der Waals surface area contributed by atoms with Crippen molar-refractivity contribution in [2.45, 2.75) is 55.1 Å². The van der Waals surface area contributed by atoms with Crippen molar-refractivity contribution in [3.8, 4) is 0 Å². The smallest absolute Gasteiger partial charge is 0.288 e. The van der Waals surface area contributed by atoms with Gasteiger partial charge in [0.25, 0.3) is 5.76 Å². The van der Waals surface area contributed by atoms with Crippen LogP contribution in [0.3, 0.4) is 0 Å². The molecule has 1 aromatic carbocycles. The third kappa shape index (κ3) is 5.71. The monoisotopic (exact) mass is 427 g/mol. The van der Waals surface area contributed by atoms with Crippen LogP contribution in [0.4, 0.5) is 14.5 Å². The van der Waals surface area contributed by atoms with Crippen LogP contribution in [-0.4, -0.2) is 39.7 Å². The third-order valence-electron chi connectivity index (χ3n) is 4.53. The van der Waals surface area contributed by atoms with E-state index in [1.54, 1.807) is 24.3 Å². The number of ether oxygens (including phenoxy) is 1. The fourth-order valence-electron chi connectivity index (χ4n) is 2.99. The number of nitrogens with one attached hydrogen (secondary N) is 1. The van der Waals surface area contributed by atoms with E-state index < -0.39 is 5.76 Å². The minimum absolute atomic E-state index is 0.166. The highest BCUT2D eigenvalue weighted by Crippen LogP contribution is 2.27. The number of alkyl halides is 2. The van der Waals surface area contributed by atoms with Crippen LogP contribution < -0.4 is 5.32 Å². The molecule has 1 atom stereocenters. The first kappa shape index (κ1) is 21.1. The Bertz CT molecular complexity index is 806. The minimum Gasteiger partial charge on any atom is -0.376 e. The van der Waals surface area contributed by atoms with E-state index in [0.29, 0.717) is 22.3 Å². The molecule has 0 saturated carbocycles. The number of aryl methyl sites for hydroxylation is 1. The molecule has 0 aliphatic carbocycles. The molecule has 0 bridgehead atoms. The second-order valence-electron chi connectivity index (χ2n) is 6.55. The lowest BCUT2D eigenvalue weighted by Gasteiger charge is -2.14. The zero-order chi connectivity index (χ0) is 20.1. The number of halogens is 2. The summed E-state index contributed by atoms with van der Waals surface area (Å²) in [7, 11) is 0. The predicted octanol–water partition coefficient (Wildman–Crippen LogP) is 4.72. The summed E-state index contributed by atoms with van der Waals surface area (Å²) in [6, 6.07) is 6.39. The molecule has 5 nitrogen and oxygen atoms in total. The van der Waals surface area contributed by atoms with Crippen molar-refractivity contribution < 1.29 is 18.3 Å². The first-order valence-electron chi connectivity index (χ1n) is 9.05. The summed E-state index contributed by atoms with van der Waals surface area (Å²) >= 11 is 1.87. The van der Waals surface area contributed by atoms with Gasteiger partial charge >= 0.3 is 0 Å². The molecule has 152 valence electrons. The lowest BCUT2D eigenvalue weighted by atomic mass is 10.2. The maximum absolute atomic E-state index is 12.4. The molecule has 1 fully saturated rings. The van der Waals surface area contributed by atoms with Crippen LogP contribution in [0.2, 0.25) is 0 Å². The number of aromatic nitrogens is 2. The Balaban J connectivity index is 1.56. The molecule has 0 spiro atoms. The number of hydrogen-bond donors (Lipinski definition) is 1. The molecule has 1 saturated heterocycles. The molecule has 1 amide bonds. The Morgan fingerprint density at radius 2 is 2.11 bits per heavy atom. The Kier molecular flexibility index (Phi) is 7.36. The zero-order valence-electron chi connectivity index (χ0n) is 15.8. The molecule has 3 rings (SSSR count). The predicted molar refractivity (Wildman–Crippen MR) is 108 cm³/mol. The summed E-state index contributed by atoms with van der Waals surface area (Å²) in [4.78, 5) is 17.3. The number of benzene rings is 1. The van der Waals surface area contributed by atoms with Crippen LogP contribution in [-0.2, 0) is 16.1 Å². The number of anilines is 1. The average molecular weight is 428 g/mol. The summed E-state index contributed by atoms with van der Waals surface area (Å²) in [5, 5.41) is 3.60. The highest BCUT2D eigenvalue weighted by Gasteiger charge is 2.20. The normalized spacial score (nSPS) is 16.7. The summed E-state index contributed by atoms with van der Waals surface area (Å²) in [6.45, 7) is 5.54. The van der Waals surface area contributed by atoms with Crippen molar-refractivity contribution in [1.29, 1.82) is 0 Å². The second kappa shape index (κ2) is 9.76. The fraction of sp³-hybridized carbons (Fsp3) is 0.474. The van der Waals surface area contributed by atoms with E-state index in [0.717, 1.165) is 42.5 Å². The molecule has 28 heavy (non-hydrogen) atoms. The SMILES string of the molecule is Cc1nc(SCC(=O)Nc2ccc(SC(F)F)cc2)n(CC2CCCO2)c1C. The van der Waals surface area contributed by atoms with E-state index in [-0.39, 0.29) is 17.8 Å². The highest BCUT2D eigenvalue weighted by atomic mass is 32.2. The number of rotatable bonds is 8. The number of nitrogens with zero attached hydrogens (tertiary/aromatic N) is 2. The first-order valence-corrected chi connectivity index (χ1v) is 10.9. The van der Waals surface area contributed by atoms with Gasteiger partial charge in [-0.25, -0.2) is 4.98 Å². The Hall–Kier alpha value is -1.58. The van der Waals surface area contributed by atoms with Crippen molar-refractivity contribution in [3.05, 3.63) is 35.7 Å².